The molecule has 0 N–H and O–H groups in total. The van der Waals surface area contributed by atoms with Crippen molar-refractivity contribution in [2.45, 2.75) is 42.3 Å². The zero-order valence-corrected chi connectivity index (χ0v) is 15.5. The van der Waals surface area contributed by atoms with Crippen LogP contribution in [0, 0.1) is 0 Å². The lowest BCUT2D eigenvalue weighted by molar-refractivity contribution is 0.102. The number of carbonyl (C=O) groups excluding carboxylic acids is 1. The Kier molecular flexibility index (Phi) is 6.92. The molecule has 0 aliphatic heterocycles. The van der Waals surface area contributed by atoms with Gasteiger partial charge in [0, 0.05) is 5.56 Å². The molecule has 1 heterocycles. The molecule has 118 valence electrons. The molecule has 0 spiro atoms. The molecule has 0 aliphatic carbocycles. The summed E-state index contributed by atoms with van der Waals surface area (Å²) in [7, 11) is 0. The standard InChI is InChI=1S/C16H20N2OS3/c1-4-11-7-8-12(5-2)13(9-11)14(19)10-21-16-18-17-15(22-16)20-6-3/h7-9H,4-6,10H2,1-3H3. The lowest BCUT2D eigenvalue weighted by Crippen LogP contribution is -2.07. The monoisotopic (exact) mass is 352 g/mol. The summed E-state index contributed by atoms with van der Waals surface area (Å²) in [4.78, 5) is 12.5. The van der Waals surface area contributed by atoms with E-state index in [0.29, 0.717) is 5.75 Å². The summed E-state index contributed by atoms with van der Waals surface area (Å²) in [6, 6.07) is 6.24. The zero-order valence-electron chi connectivity index (χ0n) is 13.1. The Hall–Kier alpha value is -0.850. The third-order valence-corrected chi connectivity index (χ3v) is 6.32. The Labute approximate surface area is 144 Å². The average molecular weight is 353 g/mol. The van der Waals surface area contributed by atoms with Crippen LogP contribution in [0.2, 0.25) is 0 Å². The second kappa shape index (κ2) is 8.70. The molecule has 0 saturated heterocycles. The maximum absolute atomic E-state index is 12.5. The summed E-state index contributed by atoms with van der Waals surface area (Å²) in [5, 5.41) is 8.25. The molecular weight excluding hydrogens is 332 g/mol. The average Bonchev–Trinajstić information content (AvgIpc) is 3.00. The van der Waals surface area contributed by atoms with Gasteiger partial charge in [-0.3, -0.25) is 4.79 Å². The largest absolute Gasteiger partial charge is 0.293 e. The van der Waals surface area contributed by atoms with E-state index in [4.69, 9.17) is 0 Å². The van der Waals surface area contributed by atoms with Crippen LogP contribution >= 0.6 is 34.9 Å². The SMILES string of the molecule is CCSc1nnc(SCC(=O)c2cc(CC)ccc2CC)s1. The number of aryl methyl sites for hydroxylation is 2. The molecule has 0 unspecified atom stereocenters. The quantitative estimate of drug-likeness (QED) is 0.506. The summed E-state index contributed by atoms with van der Waals surface area (Å²) < 4.78 is 1.84. The third-order valence-electron chi connectivity index (χ3n) is 3.25. The molecule has 0 atom stereocenters. The minimum absolute atomic E-state index is 0.178. The fraction of sp³-hybridized carbons (Fsp3) is 0.438. The Morgan fingerprint density at radius 1 is 1.09 bits per heavy atom. The predicted octanol–water partition coefficient (Wildman–Crippen LogP) is 4.75. The Balaban J connectivity index is 2.04. The highest BCUT2D eigenvalue weighted by Crippen LogP contribution is 2.29. The number of hydrogen-bond donors (Lipinski definition) is 0. The first-order chi connectivity index (χ1) is 10.7. The van der Waals surface area contributed by atoms with Gasteiger partial charge in [-0.1, -0.05) is 67.8 Å². The van der Waals surface area contributed by atoms with Gasteiger partial charge < -0.3 is 0 Å². The number of rotatable bonds is 8. The van der Waals surface area contributed by atoms with Crippen molar-refractivity contribution in [1.82, 2.24) is 10.2 Å². The van der Waals surface area contributed by atoms with E-state index in [9.17, 15) is 4.79 Å². The highest BCUT2D eigenvalue weighted by Gasteiger charge is 2.13. The molecule has 0 aliphatic rings. The van der Waals surface area contributed by atoms with Crippen LogP contribution in [-0.4, -0.2) is 27.5 Å². The van der Waals surface area contributed by atoms with Crippen LogP contribution in [0.3, 0.4) is 0 Å². The number of benzene rings is 1. The maximum Gasteiger partial charge on any atom is 0.175 e. The minimum Gasteiger partial charge on any atom is -0.293 e. The molecular formula is C16H20N2OS3. The molecule has 0 fully saturated rings. The molecule has 3 nitrogen and oxygen atoms in total. The van der Waals surface area contributed by atoms with E-state index in [1.54, 1.807) is 23.1 Å². The van der Waals surface area contributed by atoms with Gasteiger partial charge in [-0.05, 0) is 35.8 Å². The van der Waals surface area contributed by atoms with Crippen molar-refractivity contribution in [3.8, 4) is 0 Å². The van der Waals surface area contributed by atoms with Gasteiger partial charge in [-0.25, -0.2) is 0 Å². The first-order valence-electron chi connectivity index (χ1n) is 7.42. The summed E-state index contributed by atoms with van der Waals surface area (Å²) in [6.07, 6.45) is 1.83. The van der Waals surface area contributed by atoms with Crippen molar-refractivity contribution in [1.29, 1.82) is 0 Å². The van der Waals surface area contributed by atoms with Crippen molar-refractivity contribution in [2.75, 3.05) is 11.5 Å². The van der Waals surface area contributed by atoms with E-state index < -0.39 is 0 Å². The molecule has 6 heteroatoms. The van der Waals surface area contributed by atoms with Gasteiger partial charge in [-0.15, -0.1) is 10.2 Å². The number of Topliss-reactive ketones (excluding diaryl/α,β-unsaturated/α-hetero) is 1. The lowest BCUT2D eigenvalue weighted by atomic mass is 9.98. The Bertz CT molecular complexity index is 640. The first-order valence-corrected chi connectivity index (χ1v) is 10.2. The molecule has 2 aromatic rings. The van der Waals surface area contributed by atoms with Gasteiger partial charge in [0.2, 0.25) is 0 Å². The summed E-state index contributed by atoms with van der Waals surface area (Å²) >= 11 is 4.73. The molecule has 1 aromatic heterocycles. The topological polar surface area (TPSA) is 42.9 Å². The molecule has 0 saturated carbocycles. The third kappa shape index (κ3) is 4.57. The number of aromatic nitrogens is 2. The fourth-order valence-electron chi connectivity index (χ4n) is 2.05. The summed E-state index contributed by atoms with van der Waals surface area (Å²) in [6.45, 7) is 6.29. The van der Waals surface area contributed by atoms with Crippen LogP contribution in [-0.2, 0) is 12.8 Å². The minimum atomic E-state index is 0.178. The fourth-order valence-corrected chi connectivity index (χ4v) is 4.85. The molecule has 22 heavy (non-hydrogen) atoms. The number of nitrogens with zero attached hydrogens (tertiary/aromatic N) is 2. The van der Waals surface area contributed by atoms with Crippen molar-refractivity contribution in [2.24, 2.45) is 0 Å². The van der Waals surface area contributed by atoms with Crippen LogP contribution in [0.15, 0.2) is 26.9 Å². The highest BCUT2D eigenvalue weighted by molar-refractivity contribution is 8.03. The van der Waals surface area contributed by atoms with Gasteiger partial charge in [-0.2, -0.15) is 0 Å². The molecule has 2 rings (SSSR count). The van der Waals surface area contributed by atoms with Crippen molar-refractivity contribution in [3.63, 3.8) is 0 Å². The maximum atomic E-state index is 12.5. The van der Waals surface area contributed by atoms with Crippen molar-refractivity contribution >= 4 is 40.6 Å². The van der Waals surface area contributed by atoms with E-state index in [0.717, 1.165) is 38.4 Å². The molecule has 0 bridgehead atoms. The van der Waals surface area contributed by atoms with Crippen LogP contribution in [0.5, 0.6) is 0 Å². The lowest BCUT2D eigenvalue weighted by Gasteiger charge is -2.08. The number of carbonyl (C=O) groups is 1. The van der Waals surface area contributed by atoms with Gasteiger partial charge in [0.1, 0.15) is 0 Å². The Morgan fingerprint density at radius 2 is 1.82 bits per heavy atom. The van der Waals surface area contributed by atoms with E-state index in [2.05, 4.69) is 43.1 Å². The highest BCUT2D eigenvalue weighted by atomic mass is 32.2. The second-order valence-corrected chi connectivity index (χ2v) is 8.39. The predicted molar refractivity (Wildman–Crippen MR) is 96.6 cm³/mol. The number of thioether (sulfide) groups is 2. The van der Waals surface area contributed by atoms with Gasteiger partial charge in [0.05, 0.1) is 5.75 Å². The van der Waals surface area contributed by atoms with Gasteiger partial charge >= 0.3 is 0 Å². The molecule has 1 aromatic carbocycles. The summed E-state index contributed by atoms with van der Waals surface area (Å²) in [5.74, 6) is 1.59. The first kappa shape index (κ1) is 17.5. The molecule has 0 amide bonds. The van der Waals surface area contributed by atoms with E-state index in [-0.39, 0.29) is 5.78 Å². The second-order valence-electron chi connectivity index (χ2n) is 4.68. The van der Waals surface area contributed by atoms with E-state index in [1.807, 2.05) is 6.07 Å². The van der Waals surface area contributed by atoms with Crippen LogP contribution < -0.4 is 0 Å². The van der Waals surface area contributed by atoms with Gasteiger partial charge in [0.25, 0.3) is 0 Å². The van der Waals surface area contributed by atoms with Crippen LogP contribution in [0.1, 0.15) is 42.3 Å². The number of hydrogen-bond acceptors (Lipinski definition) is 6. The summed E-state index contributed by atoms with van der Waals surface area (Å²) in [5.41, 5.74) is 3.20. The normalized spacial score (nSPS) is 10.9. The molecule has 0 radical (unpaired) electrons. The van der Waals surface area contributed by atoms with Crippen LogP contribution in [0.25, 0.3) is 0 Å². The van der Waals surface area contributed by atoms with Gasteiger partial charge in [0.15, 0.2) is 14.5 Å². The zero-order chi connectivity index (χ0) is 15.9. The smallest absolute Gasteiger partial charge is 0.175 e. The van der Waals surface area contributed by atoms with Crippen LogP contribution in [0.4, 0.5) is 0 Å². The number of ketones is 1. The van der Waals surface area contributed by atoms with E-state index >= 15 is 0 Å². The Morgan fingerprint density at radius 3 is 2.45 bits per heavy atom. The van der Waals surface area contributed by atoms with E-state index in [1.165, 1.54) is 17.3 Å². The van der Waals surface area contributed by atoms with Crippen molar-refractivity contribution < 1.29 is 4.79 Å². The van der Waals surface area contributed by atoms with Crippen molar-refractivity contribution in [3.05, 3.63) is 34.9 Å².